The number of nitrogens with zero attached hydrogens (tertiary/aromatic N) is 2. The summed E-state index contributed by atoms with van der Waals surface area (Å²) >= 11 is 0. The third-order valence-corrected chi connectivity index (χ3v) is 4.41. The van der Waals surface area contributed by atoms with Gasteiger partial charge in [-0.05, 0) is 42.8 Å². The molecule has 0 bridgehead atoms. The van der Waals surface area contributed by atoms with E-state index in [1.165, 1.54) is 49.6 Å². The SMILES string of the molecule is CC#Cc1ccc(N(N)C(=O)c2cccnc2Cc2ccc(=O)[nH]c2)cc1C(F)(F)F. The quantitative estimate of drug-likeness (QED) is 0.290. The Labute approximate surface area is 175 Å². The van der Waals surface area contributed by atoms with Gasteiger partial charge in [-0.25, -0.2) is 10.9 Å². The van der Waals surface area contributed by atoms with Gasteiger partial charge in [0.05, 0.1) is 22.5 Å². The fourth-order valence-electron chi connectivity index (χ4n) is 2.93. The Bertz CT molecular complexity index is 1220. The van der Waals surface area contributed by atoms with Gasteiger partial charge in [-0.2, -0.15) is 13.2 Å². The summed E-state index contributed by atoms with van der Waals surface area (Å²) in [4.78, 5) is 30.9. The Morgan fingerprint density at radius 1 is 1.23 bits per heavy atom. The maximum Gasteiger partial charge on any atom is 0.417 e. The van der Waals surface area contributed by atoms with Crippen molar-refractivity contribution in [2.75, 3.05) is 5.01 Å². The highest BCUT2D eigenvalue weighted by Crippen LogP contribution is 2.34. The fraction of sp³-hybridized carbons (Fsp3) is 0.136. The Morgan fingerprint density at radius 3 is 2.65 bits per heavy atom. The van der Waals surface area contributed by atoms with Crippen LogP contribution in [-0.4, -0.2) is 15.9 Å². The average Bonchev–Trinajstić information content (AvgIpc) is 2.74. The molecular formula is C22H17F3N4O2. The summed E-state index contributed by atoms with van der Waals surface area (Å²) in [6.45, 7) is 1.43. The number of amides is 1. The lowest BCUT2D eigenvalue weighted by molar-refractivity contribution is -0.137. The first kappa shape index (κ1) is 21.8. The number of pyridine rings is 2. The molecule has 1 aromatic carbocycles. The summed E-state index contributed by atoms with van der Waals surface area (Å²) in [5.41, 5.74) is -0.426. The van der Waals surface area contributed by atoms with E-state index < -0.39 is 17.6 Å². The van der Waals surface area contributed by atoms with Crippen molar-refractivity contribution < 1.29 is 18.0 Å². The molecule has 3 rings (SSSR count). The molecular weight excluding hydrogens is 409 g/mol. The predicted molar refractivity (Wildman–Crippen MR) is 109 cm³/mol. The maximum atomic E-state index is 13.4. The van der Waals surface area contributed by atoms with Crippen molar-refractivity contribution in [3.63, 3.8) is 0 Å². The van der Waals surface area contributed by atoms with Crippen molar-refractivity contribution in [2.45, 2.75) is 19.5 Å². The number of halogens is 3. The summed E-state index contributed by atoms with van der Waals surface area (Å²) < 4.78 is 40.3. The molecule has 0 aliphatic carbocycles. The summed E-state index contributed by atoms with van der Waals surface area (Å²) in [5.74, 6) is 10.0. The molecule has 3 aromatic rings. The molecule has 0 spiro atoms. The molecule has 0 atom stereocenters. The van der Waals surface area contributed by atoms with Crippen LogP contribution in [-0.2, 0) is 12.6 Å². The molecule has 6 nitrogen and oxygen atoms in total. The fourth-order valence-corrected chi connectivity index (χ4v) is 2.93. The van der Waals surface area contributed by atoms with Gasteiger partial charge in [0.25, 0.3) is 5.91 Å². The molecule has 0 saturated heterocycles. The van der Waals surface area contributed by atoms with Gasteiger partial charge in [0.2, 0.25) is 5.56 Å². The number of nitrogens with one attached hydrogen (secondary N) is 1. The van der Waals surface area contributed by atoms with Gasteiger partial charge >= 0.3 is 6.18 Å². The molecule has 0 saturated carbocycles. The van der Waals surface area contributed by atoms with Gasteiger partial charge in [0.1, 0.15) is 0 Å². The van der Waals surface area contributed by atoms with E-state index >= 15 is 0 Å². The molecule has 158 valence electrons. The number of hydrogen-bond acceptors (Lipinski definition) is 4. The van der Waals surface area contributed by atoms with Crippen molar-refractivity contribution in [1.29, 1.82) is 0 Å². The number of nitrogens with two attached hydrogens (primary N) is 1. The van der Waals surface area contributed by atoms with Crippen LogP contribution in [0.15, 0.2) is 59.7 Å². The van der Waals surface area contributed by atoms with Gasteiger partial charge in [-0.1, -0.05) is 12.0 Å². The first-order valence-corrected chi connectivity index (χ1v) is 9.05. The Balaban J connectivity index is 1.96. The number of benzene rings is 1. The van der Waals surface area contributed by atoms with Crippen LogP contribution in [0.3, 0.4) is 0 Å². The lowest BCUT2D eigenvalue weighted by Crippen LogP contribution is -2.38. The molecule has 0 aliphatic rings. The van der Waals surface area contributed by atoms with E-state index in [0.717, 1.165) is 6.07 Å². The van der Waals surface area contributed by atoms with Crippen molar-refractivity contribution in [2.24, 2.45) is 5.84 Å². The van der Waals surface area contributed by atoms with Crippen LogP contribution < -0.4 is 16.4 Å². The zero-order valence-electron chi connectivity index (χ0n) is 16.3. The van der Waals surface area contributed by atoms with Crippen molar-refractivity contribution in [3.05, 3.63) is 93.2 Å². The molecule has 1 amide bonds. The standard InChI is InChI=1S/C22H17F3N4O2/c1-2-4-15-7-8-16(12-18(15)22(23,24)25)29(26)21(31)17-5-3-10-27-19(17)11-14-6-9-20(30)28-13-14/h3,5-10,12-13H,11,26H2,1H3,(H,28,30). The molecule has 2 heterocycles. The van der Waals surface area contributed by atoms with Crippen LogP contribution in [0.5, 0.6) is 0 Å². The highest BCUT2D eigenvalue weighted by atomic mass is 19.4. The summed E-state index contributed by atoms with van der Waals surface area (Å²) in [5, 5.41) is 0.645. The average molecular weight is 426 g/mol. The smallest absolute Gasteiger partial charge is 0.329 e. The number of carbonyl (C=O) groups excluding carboxylic acids is 1. The predicted octanol–water partition coefficient (Wildman–Crippen LogP) is 3.27. The van der Waals surface area contributed by atoms with Crippen LogP contribution >= 0.6 is 0 Å². The second kappa shape index (κ2) is 8.85. The Hall–Kier alpha value is -3.90. The minimum absolute atomic E-state index is 0.127. The highest BCUT2D eigenvalue weighted by molar-refractivity contribution is 6.06. The Morgan fingerprint density at radius 2 is 2.00 bits per heavy atom. The number of hydrogen-bond donors (Lipinski definition) is 2. The highest BCUT2D eigenvalue weighted by Gasteiger charge is 2.34. The van der Waals surface area contributed by atoms with E-state index in [1.807, 2.05) is 0 Å². The summed E-state index contributed by atoms with van der Waals surface area (Å²) in [6.07, 6.45) is -1.47. The number of rotatable bonds is 4. The van der Waals surface area contributed by atoms with E-state index in [2.05, 4.69) is 21.8 Å². The first-order chi connectivity index (χ1) is 14.7. The van der Waals surface area contributed by atoms with Gasteiger partial charge in [0.15, 0.2) is 0 Å². The third kappa shape index (κ3) is 4.99. The monoisotopic (exact) mass is 426 g/mol. The first-order valence-electron chi connectivity index (χ1n) is 9.05. The number of hydrazine groups is 1. The number of aromatic amines is 1. The van der Waals surface area contributed by atoms with E-state index in [4.69, 9.17) is 5.84 Å². The second-order valence-corrected chi connectivity index (χ2v) is 6.51. The van der Waals surface area contributed by atoms with E-state index in [9.17, 15) is 22.8 Å². The van der Waals surface area contributed by atoms with Crippen LogP contribution in [0.1, 0.15) is 39.7 Å². The van der Waals surface area contributed by atoms with E-state index in [-0.39, 0.29) is 28.8 Å². The van der Waals surface area contributed by atoms with Gasteiger partial charge in [0, 0.05) is 30.4 Å². The lowest BCUT2D eigenvalue weighted by Gasteiger charge is -2.20. The maximum absolute atomic E-state index is 13.4. The zero-order valence-corrected chi connectivity index (χ0v) is 16.3. The number of anilines is 1. The van der Waals surface area contributed by atoms with Crippen LogP contribution in [0, 0.1) is 11.8 Å². The summed E-state index contributed by atoms with van der Waals surface area (Å²) in [6, 6.07) is 9.20. The van der Waals surface area contributed by atoms with Gasteiger partial charge in [-0.3, -0.25) is 14.6 Å². The molecule has 0 fully saturated rings. The minimum Gasteiger partial charge on any atom is -0.329 e. The molecule has 9 heteroatoms. The van der Waals surface area contributed by atoms with Crippen molar-refractivity contribution >= 4 is 11.6 Å². The Kier molecular flexibility index (Phi) is 6.22. The minimum atomic E-state index is -4.66. The molecule has 0 radical (unpaired) electrons. The van der Waals surface area contributed by atoms with Crippen LogP contribution in [0.2, 0.25) is 0 Å². The van der Waals surface area contributed by atoms with Crippen LogP contribution in [0.25, 0.3) is 0 Å². The van der Waals surface area contributed by atoms with Crippen molar-refractivity contribution in [1.82, 2.24) is 9.97 Å². The molecule has 0 unspecified atom stereocenters. The topological polar surface area (TPSA) is 92.1 Å². The zero-order chi connectivity index (χ0) is 22.6. The number of carbonyl (C=O) groups is 1. The number of aromatic nitrogens is 2. The molecule has 2 aromatic heterocycles. The number of alkyl halides is 3. The van der Waals surface area contributed by atoms with E-state index in [0.29, 0.717) is 16.3 Å². The number of H-pyrrole nitrogens is 1. The van der Waals surface area contributed by atoms with Crippen LogP contribution in [0.4, 0.5) is 18.9 Å². The molecule has 31 heavy (non-hydrogen) atoms. The van der Waals surface area contributed by atoms with Crippen molar-refractivity contribution in [3.8, 4) is 11.8 Å². The second-order valence-electron chi connectivity index (χ2n) is 6.51. The molecule has 3 N–H and O–H groups in total. The normalized spacial score (nSPS) is 10.9. The summed E-state index contributed by atoms with van der Waals surface area (Å²) in [7, 11) is 0. The third-order valence-electron chi connectivity index (χ3n) is 4.41. The van der Waals surface area contributed by atoms with Gasteiger partial charge < -0.3 is 4.98 Å². The largest absolute Gasteiger partial charge is 0.417 e. The molecule has 0 aliphatic heterocycles. The van der Waals surface area contributed by atoms with E-state index in [1.54, 1.807) is 6.07 Å². The van der Waals surface area contributed by atoms with Gasteiger partial charge in [-0.15, -0.1) is 5.92 Å². The lowest BCUT2D eigenvalue weighted by atomic mass is 10.0.